The molecule has 3 nitrogen and oxygen atoms in total. The number of rotatable bonds is 1. The molecule has 0 aromatic heterocycles. The van der Waals surface area contributed by atoms with Crippen molar-refractivity contribution in [2.75, 3.05) is 26.7 Å². The summed E-state index contributed by atoms with van der Waals surface area (Å²) in [6.45, 7) is 3.18. The van der Waals surface area contributed by atoms with Crippen molar-refractivity contribution >= 4 is 0 Å². The minimum Gasteiger partial charge on any atom is -0.392 e. The summed E-state index contributed by atoms with van der Waals surface area (Å²) in [7, 11) is 2.13. The minimum atomic E-state index is -0.0862. The molecule has 13 heavy (non-hydrogen) atoms. The van der Waals surface area contributed by atoms with Crippen molar-refractivity contribution in [2.45, 2.75) is 31.4 Å². The van der Waals surface area contributed by atoms with Crippen LogP contribution in [0, 0.1) is 5.92 Å². The van der Waals surface area contributed by atoms with Gasteiger partial charge in [-0.2, -0.15) is 0 Å². The van der Waals surface area contributed by atoms with Crippen LogP contribution in [0.1, 0.15) is 19.3 Å². The van der Waals surface area contributed by atoms with Gasteiger partial charge in [0.05, 0.1) is 6.10 Å². The van der Waals surface area contributed by atoms with Crippen molar-refractivity contribution in [1.29, 1.82) is 0 Å². The van der Waals surface area contributed by atoms with Crippen LogP contribution in [-0.2, 0) is 0 Å². The highest BCUT2D eigenvalue weighted by Gasteiger charge is 2.34. The number of nitrogens with zero attached hydrogens (tertiary/aromatic N) is 1. The molecule has 2 fully saturated rings. The van der Waals surface area contributed by atoms with Crippen LogP contribution < -0.4 is 5.32 Å². The third-order valence-corrected chi connectivity index (χ3v) is 3.46. The van der Waals surface area contributed by atoms with Crippen molar-refractivity contribution in [3.8, 4) is 0 Å². The molecule has 2 N–H and O–H groups in total. The van der Waals surface area contributed by atoms with Gasteiger partial charge in [0, 0.05) is 12.6 Å². The maximum Gasteiger partial charge on any atom is 0.0682 e. The van der Waals surface area contributed by atoms with Gasteiger partial charge >= 0.3 is 0 Å². The summed E-state index contributed by atoms with van der Waals surface area (Å²) in [6.07, 6.45) is 3.51. The fourth-order valence-electron chi connectivity index (χ4n) is 2.76. The maximum atomic E-state index is 9.54. The smallest absolute Gasteiger partial charge is 0.0682 e. The van der Waals surface area contributed by atoms with E-state index in [-0.39, 0.29) is 6.10 Å². The third-order valence-electron chi connectivity index (χ3n) is 3.46. The van der Waals surface area contributed by atoms with E-state index in [0.29, 0.717) is 6.04 Å². The van der Waals surface area contributed by atoms with Gasteiger partial charge in [-0.05, 0) is 45.3 Å². The zero-order valence-corrected chi connectivity index (χ0v) is 8.37. The van der Waals surface area contributed by atoms with Gasteiger partial charge in [-0.25, -0.2) is 0 Å². The standard InChI is InChI=1S/C10H20N2O/c1-12-7-9(13)5-10(12)8-3-2-4-11-6-8/h8-11,13H,2-7H2,1H3. The number of β-amino-alcohol motifs (C(OH)–C–C–N with tert-alkyl or cyclic N) is 1. The fraction of sp³-hybridized carbons (Fsp3) is 1.00. The van der Waals surface area contributed by atoms with E-state index in [1.807, 2.05) is 0 Å². The summed E-state index contributed by atoms with van der Waals surface area (Å²) in [4.78, 5) is 2.32. The molecular formula is C10H20N2O. The molecule has 0 aromatic rings. The Labute approximate surface area is 80.1 Å². The number of aliphatic hydroxyl groups is 1. The van der Waals surface area contributed by atoms with E-state index in [0.717, 1.165) is 25.4 Å². The van der Waals surface area contributed by atoms with E-state index in [2.05, 4.69) is 17.3 Å². The lowest BCUT2D eigenvalue weighted by molar-refractivity contribution is 0.182. The lowest BCUT2D eigenvalue weighted by Gasteiger charge is -2.32. The van der Waals surface area contributed by atoms with E-state index in [9.17, 15) is 5.11 Å². The first-order chi connectivity index (χ1) is 6.27. The molecule has 0 radical (unpaired) electrons. The average molecular weight is 184 g/mol. The molecule has 2 heterocycles. The summed E-state index contributed by atoms with van der Waals surface area (Å²) in [5.41, 5.74) is 0. The zero-order valence-electron chi connectivity index (χ0n) is 8.37. The molecule has 3 heteroatoms. The lowest BCUT2D eigenvalue weighted by Crippen LogP contribution is -2.41. The monoisotopic (exact) mass is 184 g/mol. The van der Waals surface area contributed by atoms with Crippen LogP contribution in [0.25, 0.3) is 0 Å². The number of likely N-dealkylation sites (tertiary alicyclic amines) is 1. The zero-order chi connectivity index (χ0) is 9.26. The molecular weight excluding hydrogens is 164 g/mol. The predicted molar refractivity (Wildman–Crippen MR) is 52.6 cm³/mol. The van der Waals surface area contributed by atoms with Gasteiger partial charge in [-0.1, -0.05) is 0 Å². The van der Waals surface area contributed by atoms with Crippen molar-refractivity contribution in [3.05, 3.63) is 0 Å². The van der Waals surface area contributed by atoms with Gasteiger partial charge in [-0.15, -0.1) is 0 Å². The van der Waals surface area contributed by atoms with Crippen molar-refractivity contribution in [1.82, 2.24) is 10.2 Å². The van der Waals surface area contributed by atoms with Gasteiger partial charge in [0.1, 0.15) is 0 Å². The van der Waals surface area contributed by atoms with Crippen LogP contribution in [0.3, 0.4) is 0 Å². The average Bonchev–Trinajstić information content (AvgIpc) is 2.47. The van der Waals surface area contributed by atoms with Gasteiger partial charge < -0.3 is 15.3 Å². The van der Waals surface area contributed by atoms with E-state index < -0.39 is 0 Å². The quantitative estimate of drug-likeness (QED) is 0.604. The van der Waals surface area contributed by atoms with Crippen LogP contribution in [0.5, 0.6) is 0 Å². The van der Waals surface area contributed by atoms with Crippen LogP contribution in [0.2, 0.25) is 0 Å². The second kappa shape index (κ2) is 3.95. The summed E-state index contributed by atoms with van der Waals surface area (Å²) in [5, 5.41) is 13.0. The molecule has 0 amide bonds. The Morgan fingerprint density at radius 2 is 2.31 bits per heavy atom. The second-order valence-corrected chi connectivity index (χ2v) is 4.50. The number of nitrogens with one attached hydrogen (secondary N) is 1. The Morgan fingerprint density at radius 3 is 2.85 bits per heavy atom. The molecule has 0 aliphatic carbocycles. The summed E-state index contributed by atoms with van der Waals surface area (Å²) >= 11 is 0. The molecule has 76 valence electrons. The van der Waals surface area contributed by atoms with Gasteiger partial charge in [-0.3, -0.25) is 0 Å². The van der Waals surface area contributed by atoms with E-state index >= 15 is 0 Å². The normalized spacial score (nSPS) is 42.5. The Kier molecular flexibility index (Phi) is 2.86. The van der Waals surface area contributed by atoms with Crippen LogP contribution >= 0.6 is 0 Å². The molecule has 2 saturated heterocycles. The summed E-state index contributed by atoms with van der Waals surface area (Å²) in [6, 6.07) is 0.614. The first kappa shape index (κ1) is 9.44. The molecule has 0 bridgehead atoms. The SMILES string of the molecule is CN1CC(O)CC1C1CCCNC1. The van der Waals surface area contributed by atoms with Crippen molar-refractivity contribution in [2.24, 2.45) is 5.92 Å². The highest BCUT2D eigenvalue weighted by Crippen LogP contribution is 2.26. The van der Waals surface area contributed by atoms with Crippen LogP contribution in [-0.4, -0.2) is 48.8 Å². The van der Waals surface area contributed by atoms with Crippen molar-refractivity contribution < 1.29 is 5.11 Å². The molecule has 2 rings (SSSR count). The number of likely N-dealkylation sites (N-methyl/N-ethyl adjacent to an activating group) is 1. The fourth-order valence-corrected chi connectivity index (χ4v) is 2.76. The predicted octanol–water partition coefficient (Wildman–Crippen LogP) is 0.0510. The van der Waals surface area contributed by atoms with E-state index in [1.165, 1.54) is 19.4 Å². The first-order valence-electron chi connectivity index (χ1n) is 5.36. The minimum absolute atomic E-state index is 0.0862. The summed E-state index contributed by atoms with van der Waals surface area (Å²) < 4.78 is 0. The first-order valence-corrected chi connectivity index (χ1v) is 5.36. The summed E-state index contributed by atoms with van der Waals surface area (Å²) in [5.74, 6) is 0.760. The van der Waals surface area contributed by atoms with E-state index in [1.54, 1.807) is 0 Å². The number of hydrogen-bond donors (Lipinski definition) is 2. The molecule has 3 unspecified atom stereocenters. The van der Waals surface area contributed by atoms with Crippen molar-refractivity contribution in [3.63, 3.8) is 0 Å². The molecule has 3 atom stereocenters. The Bertz CT molecular complexity index is 168. The third kappa shape index (κ3) is 2.03. The van der Waals surface area contributed by atoms with Gasteiger partial charge in [0.2, 0.25) is 0 Å². The Balaban J connectivity index is 1.91. The van der Waals surface area contributed by atoms with Crippen LogP contribution in [0.4, 0.5) is 0 Å². The molecule has 2 aliphatic rings. The van der Waals surface area contributed by atoms with Crippen LogP contribution in [0.15, 0.2) is 0 Å². The Hall–Kier alpha value is -0.120. The highest BCUT2D eigenvalue weighted by atomic mass is 16.3. The van der Waals surface area contributed by atoms with Gasteiger partial charge in [0.25, 0.3) is 0 Å². The molecule has 0 aromatic carbocycles. The number of aliphatic hydroxyl groups excluding tert-OH is 1. The largest absolute Gasteiger partial charge is 0.392 e. The topological polar surface area (TPSA) is 35.5 Å². The number of hydrogen-bond acceptors (Lipinski definition) is 3. The Morgan fingerprint density at radius 1 is 1.46 bits per heavy atom. The van der Waals surface area contributed by atoms with E-state index in [4.69, 9.17) is 0 Å². The number of piperidine rings is 1. The highest BCUT2D eigenvalue weighted by molar-refractivity contribution is 4.89. The molecule has 0 spiro atoms. The maximum absolute atomic E-state index is 9.54. The molecule has 0 saturated carbocycles. The van der Waals surface area contributed by atoms with Gasteiger partial charge in [0.15, 0.2) is 0 Å². The lowest BCUT2D eigenvalue weighted by atomic mass is 9.90. The molecule has 2 aliphatic heterocycles. The second-order valence-electron chi connectivity index (χ2n) is 4.50.